The number of likely N-dealkylation sites (N-methyl/N-ethyl adjacent to an activating group) is 1. The van der Waals surface area contributed by atoms with Crippen LogP contribution >= 0.6 is 0 Å². The number of rotatable bonds is 4. The molecular weight excluding hydrogens is 246 g/mol. The van der Waals surface area contributed by atoms with Crippen LogP contribution in [-0.4, -0.2) is 46.2 Å². The van der Waals surface area contributed by atoms with Gasteiger partial charge in [-0.15, -0.1) is 0 Å². The van der Waals surface area contributed by atoms with E-state index < -0.39 is 5.97 Å². The lowest BCUT2D eigenvalue weighted by Crippen LogP contribution is -2.28. The fourth-order valence-corrected chi connectivity index (χ4v) is 2.30. The highest BCUT2D eigenvalue weighted by Gasteiger charge is 2.15. The Morgan fingerprint density at radius 3 is 2.74 bits per heavy atom. The molecule has 1 aromatic carbocycles. The lowest BCUT2D eigenvalue weighted by Gasteiger charge is -2.18. The van der Waals surface area contributed by atoms with Gasteiger partial charge in [0.15, 0.2) is 0 Å². The molecule has 102 valence electrons. The van der Waals surface area contributed by atoms with Gasteiger partial charge in [0.1, 0.15) is 0 Å². The zero-order chi connectivity index (χ0) is 14.2. The van der Waals surface area contributed by atoms with Crippen LogP contribution in [0.5, 0.6) is 0 Å². The monoisotopic (exact) mass is 263 g/mol. The van der Waals surface area contributed by atoms with Crippen LogP contribution in [0.3, 0.4) is 0 Å². The van der Waals surface area contributed by atoms with Crippen LogP contribution in [0.2, 0.25) is 0 Å². The molecule has 0 spiro atoms. The second-order valence-corrected chi connectivity index (χ2v) is 4.95. The third-order valence-electron chi connectivity index (χ3n) is 3.03. The molecule has 1 aromatic heterocycles. The van der Waals surface area contributed by atoms with Crippen LogP contribution in [0, 0.1) is 0 Å². The van der Waals surface area contributed by atoms with Crippen LogP contribution in [0.1, 0.15) is 23.3 Å². The van der Waals surface area contributed by atoms with Crippen molar-refractivity contribution >= 4 is 17.0 Å². The fraction of sp³-hybridized carbons (Fsp3) is 0.385. The number of aromatic carboxylic acids is 1. The Hall–Kier alpha value is -2.08. The molecule has 0 aliphatic rings. The van der Waals surface area contributed by atoms with E-state index in [1.807, 2.05) is 25.9 Å². The minimum Gasteiger partial charge on any atom is -0.478 e. The Balaban J connectivity index is 2.58. The summed E-state index contributed by atoms with van der Waals surface area (Å²) in [6, 6.07) is 4.60. The van der Waals surface area contributed by atoms with Crippen LogP contribution in [0.4, 0.5) is 0 Å². The molecular formula is C13H17N3O3. The summed E-state index contributed by atoms with van der Waals surface area (Å²) in [6.07, 6.45) is 0. The number of imidazole rings is 1. The van der Waals surface area contributed by atoms with Gasteiger partial charge in [0, 0.05) is 12.6 Å². The largest absolute Gasteiger partial charge is 0.478 e. The van der Waals surface area contributed by atoms with Crippen molar-refractivity contribution in [2.75, 3.05) is 20.6 Å². The van der Waals surface area contributed by atoms with Gasteiger partial charge in [-0.3, -0.25) is 4.57 Å². The fourth-order valence-electron chi connectivity index (χ4n) is 2.30. The van der Waals surface area contributed by atoms with E-state index in [9.17, 15) is 9.59 Å². The molecule has 1 atom stereocenters. The first kappa shape index (κ1) is 13.4. The highest BCUT2D eigenvalue weighted by atomic mass is 16.4. The molecule has 2 aromatic rings. The van der Waals surface area contributed by atoms with Crippen LogP contribution in [0.15, 0.2) is 23.0 Å². The molecule has 0 amide bonds. The van der Waals surface area contributed by atoms with Crippen molar-refractivity contribution in [3.63, 3.8) is 0 Å². The molecule has 2 N–H and O–H groups in total. The van der Waals surface area contributed by atoms with E-state index in [4.69, 9.17) is 5.11 Å². The number of nitrogens with zero attached hydrogens (tertiary/aromatic N) is 2. The van der Waals surface area contributed by atoms with E-state index in [-0.39, 0.29) is 17.3 Å². The number of carboxylic acid groups (broad SMARTS) is 1. The quantitative estimate of drug-likeness (QED) is 0.867. The van der Waals surface area contributed by atoms with Gasteiger partial charge >= 0.3 is 11.7 Å². The number of hydrogen-bond donors (Lipinski definition) is 2. The van der Waals surface area contributed by atoms with Crippen molar-refractivity contribution in [3.8, 4) is 0 Å². The maximum Gasteiger partial charge on any atom is 0.335 e. The van der Waals surface area contributed by atoms with Gasteiger partial charge in [-0.25, -0.2) is 9.59 Å². The van der Waals surface area contributed by atoms with Crippen molar-refractivity contribution in [2.45, 2.75) is 13.0 Å². The maximum atomic E-state index is 12.0. The van der Waals surface area contributed by atoms with Gasteiger partial charge in [-0.05, 0) is 39.2 Å². The first-order valence-corrected chi connectivity index (χ1v) is 6.02. The standard InChI is InChI=1S/C13H17N3O3/c1-8(7-15(2)3)16-11-6-9(12(17)18)4-5-10(11)14-13(16)19/h4-6,8H,7H2,1-3H3,(H,14,19)(H,17,18). The number of aromatic amines is 1. The zero-order valence-corrected chi connectivity index (χ0v) is 11.2. The number of H-pyrrole nitrogens is 1. The van der Waals surface area contributed by atoms with Crippen molar-refractivity contribution < 1.29 is 9.90 Å². The van der Waals surface area contributed by atoms with Crippen molar-refractivity contribution in [3.05, 3.63) is 34.2 Å². The average molecular weight is 263 g/mol. The number of carbonyl (C=O) groups is 1. The Morgan fingerprint density at radius 1 is 1.47 bits per heavy atom. The molecule has 0 fully saturated rings. The summed E-state index contributed by atoms with van der Waals surface area (Å²) < 4.78 is 1.60. The summed E-state index contributed by atoms with van der Waals surface area (Å²) in [5, 5.41) is 9.02. The predicted octanol–water partition coefficient (Wildman–Crippen LogP) is 1.15. The molecule has 0 radical (unpaired) electrons. The molecule has 0 aliphatic carbocycles. The molecule has 1 heterocycles. The first-order valence-electron chi connectivity index (χ1n) is 6.02. The van der Waals surface area contributed by atoms with Crippen LogP contribution < -0.4 is 5.69 Å². The number of hydrogen-bond acceptors (Lipinski definition) is 3. The third kappa shape index (κ3) is 2.53. The highest BCUT2D eigenvalue weighted by molar-refractivity contribution is 5.92. The highest BCUT2D eigenvalue weighted by Crippen LogP contribution is 2.17. The lowest BCUT2D eigenvalue weighted by atomic mass is 10.2. The van der Waals surface area contributed by atoms with E-state index in [0.29, 0.717) is 17.6 Å². The topological polar surface area (TPSA) is 78.3 Å². The molecule has 2 rings (SSSR count). The van der Waals surface area contributed by atoms with E-state index in [1.54, 1.807) is 10.6 Å². The van der Waals surface area contributed by atoms with E-state index in [2.05, 4.69) is 4.98 Å². The van der Waals surface area contributed by atoms with Gasteiger partial charge in [-0.1, -0.05) is 0 Å². The summed E-state index contributed by atoms with van der Waals surface area (Å²) in [5.41, 5.74) is 1.24. The van der Waals surface area contributed by atoms with Gasteiger partial charge < -0.3 is 15.0 Å². The lowest BCUT2D eigenvalue weighted by molar-refractivity contribution is 0.0697. The van der Waals surface area contributed by atoms with Crippen molar-refractivity contribution in [1.82, 2.24) is 14.5 Å². The smallest absolute Gasteiger partial charge is 0.335 e. The van der Waals surface area contributed by atoms with Gasteiger partial charge in [-0.2, -0.15) is 0 Å². The maximum absolute atomic E-state index is 12.0. The molecule has 1 unspecified atom stereocenters. The normalized spacial score (nSPS) is 13.1. The second kappa shape index (κ2) is 4.89. The summed E-state index contributed by atoms with van der Waals surface area (Å²) in [5.74, 6) is -0.998. The Bertz CT molecular complexity index is 669. The molecule has 0 bridgehead atoms. The van der Waals surface area contributed by atoms with Gasteiger partial charge in [0.25, 0.3) is 0 Å². The number of aromatic nitrogens is 2. The molecule has 0 aliphatic heterocycles. The number of fused-ring (bicyclic) bond motifs is 1. The van der Waals surface area contributed by atoms with Crippen molar-refractivity contribution in [2.24, 2.45) is 0 Å². The Labute approximate surface area is 110 Å². The zero-order valence-electron chi connectivity index (χ0n) is 11.2. The van der Waals surface area contributed by atoms with Crippen LogP contribution in [0.25, 0.3) is 11.0 Å². The third-order valence-corrected chi connectivity index (χ3v) is 3.03. The second-order valence-electron chi connectivity index (χ2n) is 4.95. The first-order chi connectivity index (χ1) is 8.90. The predicted molar refractivity (Wildman–Crippen MR) is 72.8 cm³/mol. The van der Waals surface area contributed by atoms with E-state index in [1.165, 1.54) is 12.1 Å². The summed E-state index contributed by atoms with van der Waals surface area (Å²) in [7, 11) is 3.86. The number of carboxylic acids is 1. The molecule has 6 nitrogen and oxygen atoms in total. The van der Waals surface area contributed by atoms with Gasteiger partial charge in [0.2, 0.25) is 0 Å². The van der Waals surface area contributed by atoms with Gasteiger partial charge in [0.05, 0.1) is 16.6 Å². The summed E-state index contributed by atoms with van der Waals surface area (Å²) in [4.78, 5) is 27.7. The van der Waals surface area contributed by atoms with Crippen LogP contribution in [-0.2, 0) is 0 Å². The Kier molecular flexibility index (Phi) is 3.44. The van der Waals surface area contributed by atoms with E-state index in [0.717, 1.165) is 0 Å². The molecule has 6 heteroatoms. The number of nitrogens with one attached hydrogen (secondary N) is 1. The molecule has 0 saturated heterocycles. The minimum atomic E-state index is -0.998. The average Bonchev–Trinajstić information content (AvgIpc) is 2.62. The Morgan fingerprint density at radius 2 is 2.16 bits per heavy atom. The summed E-state index contributed by atoms with van der Waals surface area (Å²) in [6.45, 7) is 2.63. The molecule has 0 saturated carbocycles. The van der Waals surface area contributed by atoms with Crippen molar-refractivity contribution in [1.29, 1.82) is 0 Å². The molecule has 19 heavy (non-hydrogen) atoms. The van der Waals surface area contributed by atoms with E-state index >= 15 is 0 Å². The number of benzene rings is 1. The SMILES string of the molecule is CC(CN(C)C)n1c(=O)[nH]c2ccc(C(=O)O)cc21. The minimum absolute atomic E-state index is 0.0414. The summed E-state index contributed by atoms with van der Waals surface area (Å²) >= 11 is 0.